The molecule has 1 aliphatic rings. The van der Waals surface area contributed by atoms with Crippen molar-refractivity contribution in [2.75, 3.05) is 40.0 Å². The summed E-state index contributed by atoms with van der Waals surface area (Å²) in [6.45, 7) is 6.70. The normalized spacial score (nSPS) is 14.2. The van der Waals surface area contributed by atoms with E-state index in [-0.39, 0.29) is 17.7 Å². The summed E-state index contributed by atoms with van der Waals surface area (Å²) in [5.74, 6) is 0.557. The fraction of sp³-hybridized carbons (Fsp3) is 0.462. The molecule has 1 aliphatic heterocycles. The molecule has 36 heavy (non-hydrogen) atoms. The Bertz CT molecular complexity index is 1030. The number of carboxylic acid groups (broad SMARTS) is 1. The summed E-state index contributed by atoms with van der Waals surface area (Å²) in [7, 11) is 1.48. The smallest absolute Gasteiger partial charge is 0.341 e. The first-order valence-electron chi connectivity index (χ1n) is 12.0. The van der Waals surface area contributed by atoms with Crippen molar-refractivity contribution in [2.24, 2.45) is 0 Å². The van der Waals surface area contributed by atoms with Crippen molar-refractivity contribution in [3.05, 3.63) is 46.5 Å². The number of halogens is 1. The molecular weight excluding hydrogens is 488 g/mol. The van der Waals surface area contributed by atoms with Gasteiger partial charge in [0.2, 0.25) is 0 Å². The summed E-state index contributed by atoms with van der Waals surface area (Å²) in [6, 6.07) is 8.59. The number of ether oxygens (including phenoxy) is 4. The number of nitrogens with one attached hydrogen (secondary N) is 1. The molecule has 0 bridgehead atoms. The number of carboxylic acids is 1. The van der Waals surface area contributed by atoms with Crippen LogP contribution in [0.4, 0.5) is 0 Å². The Kier molecular flexibility index (Phi) is 10.1. The molecule has 0 aromatic heterocycles. The third kappa shape index (κ3) is 7.66. The molecule has 0 atom stereocenters. The Morgan fingerprint density at radius 1 is 1.00 bits per heavy atom. The zero-order valence-electron chi connectivity index (χ0n) is 20.8. The molecule has 2 aromatic carbocycles. The van der Waals surface area contributed by atoms with Crippen LogP contribution in [0.3, 0.4) is 0 Å². The molecule has 3 rings (SSSR count). The van der Waals surface area contributed by atoms with Crippen molar-refractivity contribution in [3.8, 4) is 23.0 Å². The van der Waals surface area contributed by atoms with Crippen LogP contribution < -0.4 is 24.3 Å². The lowest BCUT2D eigenvalue weighted by molar-refractivity contribution is -0.139. The van der Waals surface area contributed by atoms with Gasteiger partial charge in [0.05, 0.1) is 20.3 Å². The fourth-order valence-electron chi connectivity index (χ4n) is 4.05. The number of benzene rings is 2. The summed E-state index contributed by atoms with van der Waals surface area (Å²) in [5.41, 5.74) is 1.41. The van der Waals surface area contributed by atoms with Crippen molar-refractivity contribution < 1.29 is 33.6 Å². The second kappa shape index (κ2) is 13.2. The predicted octanol–water partition coefficient (Wildman–Crippen LogP) is 4.00. The van der Waals surface area contributed by atoms with Gasteiger partial charge in [0.25, 0.3) is 5.91 Å². The average molecular weight is 521 g/mol. The zero-order valence-corrected chi connectivity index (χ0v) is 21.6. The number of carbonyl (C=O) groups excluding carboxylic acids is 1. The number of hydrogen-bond donors (Lipinski definition) is 2. The second-order valence-electron chi connectivity index (χ2n) is 8.38. The van der Waals surface area contributed by atoms with Crippen LogP contribution in [0.2, 0.25) is 5.02 Å². The minimum atomic E-state index is -1.10. The fourth-order valence-corrected chi connectivity index (χ4v) is 4.27. The maximum atomic E-state index is 12.9. The van der Waals surface area contributed by atoms with E-state index < -0.39 is 12.6 Å². The van der Waals surface area contributed by atoms with Crippen LogP contribution >= 0.6 is 11.6 Å². The lowest BCUT2D eigenvalue weighted by atomic mass is 10.0. The van der Waals surface area contributed by atoms with Crippen molar-refractivity contribution in [2.45, 2.75) is 39.3 Å². The lowest BCUT2D eigenvalue weighted by Gasteiger charge is -2.32. The van der Waals surface area contributed by atoms with Gasteiger partial charge in [0, 0.05) is 37.3 Å². The van der Waals surface area contributed by atoms with E-state index in [2.05, 4.69) is 10.2 Å². The molecule has 196 valence electrons. The van der Waals surface area contributed by atoms with Gasteiger partial charge in [-0.2, -0.15) is 0 Å². The van der Waals surface area contributed by atoms with E-state index in [1.165, 1.54) is 13.2 Å². The largest absolute Gasteiger partial charge is 0.497 e. The number of hydrogen-bond acceptors (Lipinski definition) is 7. The minimum absolute atomic E-state index is 0.0199. The highest BCUT2D eigenvalue weighted by atomic mass is 35.5. The van der Waals surface area contributed by atoms with Crippen LogP contribution in [0, 0.1) is 0 Å². The van der Waals surface area contributed by atoms with Crippen LogP contribution in [-0.4, -0.2) is 67.9 Å². The first-order chi connectivity index (χ1) is 17.3. The Labute approximate surface area is 216 Å². The second-order valence-corrected chi connectivity index (χ2v) is 8.75. The van der Waals surface area contributed by atoms with E-state index in [9.17, 15) is 9.59 Å². The van der Waals surface area contributed by atoms with Crippen LogP contribution in [0.1, 0.15) is 42.6 Å². The summed E-state index contributed by atoms with van der Waals surface area (Å²) in [4.78, 5) is 26.0. The maximum Gasteiger partial charge on any atom is 0.341 e. The Hall–Kier alpha value is -3.17. The molecule has 0 spiro atoms. The molecule has 1 heterocycles. The Morgan fingerprint density at radius 2 is 1.61 bits per heavy atom. The van der Waals surface area contributed by atoms with Crippen LogP contribution in [0.5, 0.6) is 23.0 Å². The number of methoxy groups -OCH3 is 1. The molecule has 10 heteroatoms. The summed E-state index contributed by atoms with van der Waals surface area (Å²) in [5, 5.41) is 12.4. The van der Waals surface area contributed by atoms with Gasteiger partial charge in [-0.15, -0.1) is 0 Å². The van der Waals surface area contributed by atoms with E-state index >= 15 is 0 Å². The molecule has 2 N–H and O–H groups in total. The number of rotatable bonds is 12. The van der Waals surface area contributed by atoms with Crippen molar-refractivity contribution in [3.63, 3.8) is 0 Å². The molecule has 0 aliphatic carbocycles. The zero-order chi connectivity index (χ0) is 26.1. The highest BCUT2D eigenvalue weighted by Crippen LogP contribution is 2.36. The molecule has 0 radical (unpaired) electrons. The standard InChI is InChI=1S/C26H33ClN2O7/c1-4-34-22-10-17(11-23(25(22)27)35-5-2)15-29-8-6-19(7-9-29)28-26(32)18-12-20(33-3)14-21(13-18)36-16-24(30)31/h10-14,19H,4-9,15-16H2,1-3H3,(H,28,32)(H,30,31). The summed E-state index contributed by atoms with van der Waals surface area (Å²) < 4.78 is 21.8. The highest BCUT2D eigenvalue weighted by Gasteiger charge is 2.23. The number of amides is 1. The molecule has 1 fully saturated rings. The molecule has 9 nitrogen and oxygen atoms in total. The van der Waals surface area contributed by atoms with Gasteiger partial charge < -0.3 is 29.4 Å². The summed E-state index contributed by atoms with van der Waals surface area (Å²) in [6.07, 6.45) is 1.59. The first-order valence-corrected chi connectivity index (χ1v) is 12.4. The highest BCUT2D eigenvalue weighted by molar-refractivity contribution is 6.33. The van der Waals surface area contributed by atoms with Crippen molar-refractivity contribution in [1.82, 2.24) is 10.2 Å². The third-order valence-electron chi connectivity index (χ3n) is 5.73. The molecule has 1 amide bonds. The van der Waals surface area contributed by atoms with Crippen LogP contribution in [0.25, 0.3) is 0 Å². The molecule has 2 aromatic rings. The lowest BCUT2D eigenvalue weighted by Crippen LogP contribution is -2.44. The van der Waals surface area contributed by atoms with Gasteiger partial charge in [-0.1, -0.05) is 11.6 Å². The minimum Gasteiger partial charge on any atom is -0.497 e. The molecule has 1 saturated heterocycles. The van der Waals surface area contributed by atoms with Gasteiger partial charge >= 0.3 is 5.97 Å². The van der Waals surface area contributed by atoms with Gasteiger partial charge in [-0.25, -0.2) is 4.79 Å². The Balaban J connectivity index is 1.59. The van der Waals surface area contributed by atoms with E-state index in [4.69, 9.17) is 35.7 Å². The van der Waals surface area contributed by atoms with Crippen molar-refractivity contribution in [1.29, 1.82) is 0 Å². The summed E-state index contributed by atoms with van der Waals surface area (Å²) >= 11 is 6.41. The van der Waals surface area contributed by atoms with Crippen LogP contribution in [0.15, 0.2) is 30.3 Å². The molecular formula is C26H33ClN2O7. The third-order valence-corrected chi connectivity index (χ3v) is 6.11. The number of aliphatic carboxylic acids is 1. The number of nitrogens with zero attached hydrogens (tertiary/aromatic N) is 1. The van der Waals surface area contributed by atoms with E-state index in [1.54, 1.807) is 12.1 Å². The number of piperidine rings is 1. The predicted molar refractivity (Wildman–Crippen MR) is 136 cm³/mol. The van der Waals surface area contributed by atoms with E-state index in [0.29, 0.717) is 41.0 Å². The van der Waals surface area contributed by atoms with Gasteiger partial charge in [-0.05, 0) is 56.5 Å². The quantitative estimate of drug-likeness (QED) is 0.432. The number of carbonyl (C=O) groups is 2. The monoisotopic (exact) mass is 520 g/mol. The van der Waals surface area contributed by atoms with Crippen molar-refractivity contribution >= 4 is 23.5 Å². The number of likely N-dealkylation sites (tertiary alicyclic amines) is 1. The SMILES string of the molecule is CCOc1cc(CN2CCC(NC(=O)c3cc(OC)cc(OCC(=O)O)c3)CC2)cc(OCC)c1Cl. The molecule has 0 unspecified atom stereocenters. The Morgan fingerprint density at radius 3 is 2.17 bits per heavy atom. The first kappa shape index (κ1) is 27.4. The average Bonchev–Trinajstić information content (AvgIpc) is 2.86. The van der Waals surface area contributed by atoms with E-state index in [1.807, 2.05) is 26.0 Å². The maximum absolute atomic E-state index is 12.9. The van der Waals surface area contributed by atoms with E-state index in [0.717, 1.165) is 38.0 Å². The van der Waals surface area contributed by atoms with Crippen LogP contribution in [-0.2, 0) is 11.3 Å². The van der Waals surface area contributed by atoms with Gasteiger partial charge in [0.1, 0.15) is 28.0 Å². The topological polar surface area (TPSA) is 107 Å². The molecule has 0 saturated carbocycles. The van der Waals surface area contributed by atoms with Gasteiger partial charge in [0.15, 0.2) is 6.61 Å². The van der Waals surface area contributed by atoms with Gasteiger partial charge in [-0.3, -0.25) is 9.69 Å².